The third-order valence-electron chi connectivity index (χ3n) is 3.33. The molecule has 20 heavy (non-hydrogen) atoms. The van der Waals surface area contributed by atoms with Crippen LogP contribution in [0.25, 0.3) is 11.1 Å². The number of carboxylic acids is 1. The van der Waals surface area contributed by atoms with Gasteiger partial charge < -0.3 is 9.52 Å². The van der Waals surface area contributed by atoms with E-state index in [1.807, 2.05) is 6.07 Å². The molecule has 0 amide bonds. The summed E-state index contributed by atoms with van der Waals surface area (Å²) in [6.07, 6.45) is 2.33. The molecule has 1 N–H and O–H groups in total. The Morgan fingerprint density at radius 3 is 2.70 bits per heavy atom. The highest BCUT2D eigenvalue weighted by atomic mass is 16.4. The average Bonchev–Trinajstić information content (AvgIpc) is 2.74. The molecule has 0 aliphatic heterocycles. The van der Waals surface area contributed by atoms with Gasteiger partial charge in [-0.05, 0) is 36.0 Å². The molecule has 0 bridgehead atoms. The maximum Gasteiger partial charge on any atom is 0.303 e. The van der Waals surface area contributed by atoms with E-state index in [0.717, 1.165) is 17.5 Å². The molecule has 0 radical (unpaired) electrons. The second-order valence-electron chi connectivity index (χ2n) is 6.14. The summed E-state index contributed by atoms with van der Waals surface area (Å²) in [6, 6.07) is 6.10. The summed E-state index contributed by atoms with van der Waals surface area (Å²) >= 11 is 0. The van der Waals surface area contributed by atoms with Crippen molar-refractivity contribution in [2.45, 2.75) is 51.9 Å². The molecule has 0 saturated heterocycles. The van der Waals surface area contributed by atoms with Gasteiger partial charge in [-0.2, -0.15) is 0 Å². The van der Waals surface area contributed by atoms with Crippen LogP contribution in [0, 0.1) is 0 Å². The van der Waals surface area contributed by atoms with Crippen molar-refractivity contribution in [2.75, 3.05) is 0 Å². The first kappa shape index (κ1) is 14.6. The number of hydrogen-bond donors (Lipinski definition) is 1. The molecule has 2 aromatic rings. The number of hydrogen-bond acceptors (Lipinski definition) is 3. The average molecular weight is 275 g/mol. The number of aliphatic carboxylic acids is 1. The Kier molecular flexibility index (Phi) is 4.12. The fourth-order valence-electron chi connectivity index (χ4n) is 2.10. The van der Waals surface area contributed by atoms with Crippen molar-refractivity contribution in [3.8, 4) is 0 Å². The molecule has 1 aromatic carbocycles. The monoisotopic (exact) mass is 275 g/mol. The van der Waals surface area contributed by atoms with Crippen LogP contribution in [-0.4, -0.2) is 16.1 Å². The zero-order chi connectivity index (χ0) is 14.8. The smallest absolute Gasteiger partial charge is 0.303 e. The van der Waals surface area contributed by atoms with Gasteiger partial charge in [0.15, 0.2) is 11.5 Å². The minimum absolute atomic E-state index is 0.0921. The number of nitrogens with zero attached hydrogens (tertiary/aromatic N) is 1. The number of carbonyl (C=O) groups is 1. The van der Waals surface area contributed by atoms with Crippen LogP contribution < -0.4 is 0 Å². The van der Waals surface area contributed by atoms with E-state index in [1.54, 1.807) is 0 Å². The summed E-state index contributed by atoms with van der Waals surface area (Å²) < 4.78 is 5.68. The third-order valence-corrected chi connectivity index (χ3v) is 3.33. The minimum atomic E-state index is -0.752. The van der Waals surface area contributed by atoms with Crippen molar-refractivity contribution in [1.82, 2.24) is 4.98 Å². The Morgan fingerprint density at radius 2 is 2.05 bits per heavy atom. The highest BCUT2D eigenvalue weighted by Crippen LogP contribution is 2.26. The second-order valence-corrected chi connectivity index (χ2v) is 6.14. The molecule has 0 aliphatic carbocycles. The Morgan fingerprint density at radius 1 is 1.30 bits per heavy atom. The molecular weight excluding hydrogens is 254 g/mol. The van der Waals surface area contributed by atoms with Crippen molar-refractivity contribution in [3.05, 3.63) is 29.7 Å². The first-order chi connectivity index (χ1) is 9.36. The van der Waals surface area contributed by atoms with Gasteiger partial charge in [-0.25, -0.2) is 4.98 Å². The zero-order valence-corrected chi connectivity index (χ0v) is 12.3. The van der Waals surface area contributed by atoms with Gasteiger partial charge in [0, 0.05) is 12.8 Å². The van der Waals surface area contributed by atoms with Gasteiger partial charge in [0.2, 0.25) is 0 Å². The summed E-state index contributed by atoms with van der Waals surface area (Å²) in [5.74, 6) is -0.0613. The summed E-state index contributed by atoms with van der Waals surface area (Å²) in [4.78, 5) is 14.9. The quantitative estimate of drug-likeness (QED) is 0.840. The highest BCUT2D eigenvalue weighted by molar-refractivity contribution is 5.73. The summed E-state index contributed by atoms with van der Waals surface area (Å²) in [6.45, 7) is 6.50. The van der Waals surface area contributed by atoms with Crippen molar-refractivity contribution < 1.29 is 14.3 Å². The lowest BCUT2D eigenvalue weighted by molar-refractivity contribution is -0.137. The molecule has 0 fully saturated rings. The van der Waals surface area contributed by atoms with E-state index in [0.29, 0.717) is 18.7 Å². The number of unbranched alkanes of at least 4 members (excludes halogenated alkanes) is 1. The predicted octanol–water partition coefficient (Wildman–Crippen LogP) is 3.92. The zero-order valence-electron chi connectivity index (χ0n) is 12.3. The van der Waals surface area contributed by atoms with Gasteiger partial charge in [0.25, 0.3) is 0 Å². The van der Waals surface area contributed by atoms with E-state index >= 15 is 0 Å². The molecule has 0 atom stereocenters. The Hall–Kier alpha value is -1.84. The number of benzene rings is 1. The van der Waals surface area contributed by atoms with Crippen LogP contribution in [0.5, 0.6) is 0 Å². The number of oxazole rings is 1. The van der Waals surface area contributed by atoms with Crippen LogP contribution in [0.15, 0.2) is 22.6 Å². The van der Waals surface area contributed by atoms with Crippen LogP contribution in [0.1, 0.15) is 51.5 Å². The topological polar surface area (TPSA) is 63.3 Å². The Labute approximate surface area is 118 Å². The largest absolute Gasteiger partial charge is 0.481 e. The van der Waals surface area contributed by atoms with Crippen molar-refractivity contribution in [1.29, 1.82) is 0 Å². The number of fused-ring (bicyclic) bond motifs is 1. The molecule has 4 heteroatoms. The van der Waals surface area contributed by atoms with E-state index in [1.165, 1.54) is 5.56 Å². The van der Waals surface area contributed by atoms with Gasteiger partial charge in [0.05, 0.1) is 0 Å². The van der Waals surface area contributed by atoms with Crippen LogP contribution >= 0.6 is 0 Å². The van der Waals surface area contributed by atoms with E-state index in [2.05, 4.69) is 37.9 Å². The molecular formula is C16H21NO3. The van der Waals surface area contributed by atoms with Gasteiger partial charge >= 0.3 is 5.97 Å². The Balaban J connectivity index is 2.07. The molecule has 1 aromatic heterocycles. The fraction of sp³-hybridized carbons (Fsp3) is 0.500. The van der Waals surface area contributed by atoms with Crippen molar-refractivity contribution in [2.24, 2.45) is 0 Å². The molecule has 0 spiro atoms. The fourth-order valence-corrected chi connectivity index (χ4v) is 2.10. The lowest BCUT2D eigenvalue weighted by Crippen LogP contribution is -2.10. The van der Waals surface area contributed by atoms with Gasteiger partial charge in [-0.15, -0.1) is 0 Å². The van der Waals surface area contributed by atoms with Crippen LogP contribution in [0.3, 0.4) is 0 Å². The Bertz CT molecular complexity index is 608. The number of carboxylic acid groups (broad SMARTS) is 1. The maximum absolute atomic E-state index is 10.4. The van der Waals surface area contributed by atoms with E-state index < -0.39 is 5.97 Å². The SMILES string of the molecule is CC(C)(C)c1ccc2oc(CCCCC(=O)O)nc2c1. The van der Waals surface area contributed by atoms with Gasteiger partial charge in [-0.3, -0.25) is 4.79 Å². The van der Waals surface area contributed by atoms with E-state index in [-0.39, 0.29) is 11.8 Å². The highest BCUT2D eigenvalue weighted by Gasteiger charge is 2.15. The normalized spacial score (nSPS) is 11.9. The van der Waals surface area contributed by atoms with Crippen molar-refractivity contribution >= 4 is 17.1 Å². The van der Waals surface area contributed by atoms with Gasteiger partial charge in [-0.1, -0.05) is 26.8 Å². The molecule has 0 aliphatic rings. The third kappa shape index (κ3) is 3.59. The van der Waals surface area contributed by atoms with E-state index in [4.69, 9.17) is 9.52 Å². The number of rotatable bonds is 5. The standard InChI is InChI=1S/C16H21NO3/c1-16(2,3)11-8-9-13-12(10-11)17-14(20-13)6-4-5-7-15(18)19/h8-10H,4-7H2,1-3H3,(H,18,19). The maximum atomic E-state index is 10.4. The van der Waals surface area contributed by atoms with Crippen molar-refractivity contribution in [3.63, 3.8) is 0 Å². The summed E-state index contributed by atoms with van der Waals surface area (Å²) in [7, 11) is 0. The number of aryl methyl sites for hydroxylation is 1. The molecule has 0 saturated carbocycles. The predicted molar refractivity (Wildman–Crippen MR) is 77.9 cm³/mol. The molecule has 108 valence electrons. The van der Waals surface area contributed by atoms with Gasteiger partial charge in [0.1, 0.15) is 5.52 Å². The minimum Gasteiger partial charge on any atom is -0.481 e. The van der Waals surface area contributed by atoms with E-state index in [9.17, 15) is 4.79 Å². The summed E-state index contributed by atoms with van der Waals surface area (Å²) in [5.41, 5.74) is 3.00. The molecule has 0 unspecified atom stereocenters. The lowest BCUT2D eigenvalue weighted by atomic mass is 9.87. The molecule has 2 rings (SSSR count). The summed E-state index contributed by atoms with van der Waals surface area (Å²) in [5, 5.41) is 8.59. The first-order valence-electron chi connectivity index (χ1n) is 6.98. The lowest BCUT2D eigenvalue weighted by Gasteiger charge is -2.18. The van der Waals surface area contributed by atoms with Crippen LogP contribution in [-0.2, 0) is 16.6 Å². The number of aromatic nitrogens is 1. The molecule has 4 nitrogen and oxygen atoms in total. The second kappa shape index (κ2) is 5.65. The van der Waals surface area contributed by atoms with Crippen LogP contribution in [0.2, 0.25) is 0 Å². The first-order valence-corrected chi connectivity index (χ1v) is 6.98. The van der Waals surface area contributed by atoms with Crippen LogP contribution in [0.4, 0.5) is 0 Å². The molecule has 1 heterocycles.